The highest BCUT2D eigenvalue weighted by molar-refractivity contribution is 7.80. The molecule has 1 atom stereocenters. The number of carbonyl (C=O) groups excluding carboxylic acids is 2. The number of nitrogens with one attached hydrogen (secondary N) is 2. The first-order valence-corrected chi connectivity index (χ1v) is 10.2. The molecular formula is C17H36N4O6S. The lowest BCUT2D eigenvalue weighted by atomic mass is 10.1. The summed E-state index contributed by atoms with van der Waals surface area (Å²) in [7, 11) is 0. The SMILES string of the molecule is NC(=O)C(N)CCCCNOCCOCCOCCOCCNC(=O)CCS. The standard InChI is InChI=1S/C17H36N4O6S/c18-15(17(19)23)3-1-2-5-21-27-13-12-26-11-10-25-9-8-24-7-6-20-16(22)4-14-28/h15,21,28H,1-14,18H2,(H2,19,23)(H,20,22). The monoisotopic (exact) mass is 424 g/mol. The van der Waals surface area contributed by atoms with Gasteiger partial charge < -0.3 is 31.0 Å². The Morgan fingerprint density at radius 3 is 2.11 bits per heavy atom. The summed E-state index contributed by atoms with van der Waals surface area (Å²) in [4.78, 5) is 27.1. The van der Waals surface area contributed by atoms with Crippen molar-refractivity contribution in [1.29, 1.82) is 0 Å². The zero-order valence-electron chi connectivity index (χ0n) is 16.5. The molecule has 1 unspecified atom stereocenters. The van der Waals surface area contributed by atoms with Crippen molar-refractivity contribution in [3.05, 3.63) is 0 Å². The molecule has 11 heteroatoms. The molecule has 6 N–H and O–H groups in total. The van der Waals surface area contributed by atoms with E-state index in [2.05, 4.69) is 23.4 Å². The first-order valence-electron chi connectivity index (χ1n) is 9.58. The van der Waals surface area contributed by atoms with Gasteiger partial charge in [0.05, 0.1) is 52.3 Å². The van der Waals surface area contributed by atoms with Crippen LogP contribution in [0.25, 0.3) is 0 Å². The average Bonchev–Trinajstić information content (AvgIpc) is 2.66. The Hall–Kier alpha value is -0.950. The predicted octanol–water partition coefficient (Wildman–Crippen LogP) is -1.02. The number of rotatable bonds is 21. The van der Waals surface area contributed by atoms with Crippen molar-refractivity contribution < 1.29 is 28.6 Å². The van der Waals surface area contributed by atoms with Crippen LogP contribution >= 0.6 is 12.6 Å². The van der Waals surface area contributed by atoms with Gasteiger partial charge in [-0.15, -0.1) is 0 Å². The minimum atomic E-state index is -0.571. The molecule has 0 heterocycles. The lowest BCUT2D eigenvalue weighted by molar-refractivity contribution is -0.121. The number of thiol groups is 1. The Kier molecular flexibility index (Phi) is 20.1. The van der Waals surface area contributed by atoms with Crippen molar-refractivity contribution in [1.82, 2.24) is 10.8 Å². The van der Waals surface area contributed by atoms with Crippen LogP contribution in [0.2, 0.25) is 0 Å². The van der Waals surface area contributed by atoms with Gasteiger partial charge in [-0.3, -0.25) is 14.4 Å². The van der Waals surface area contributed by atoms with Crippen LogP contribution in [0.15, 0.2) is 0 Å². The normalized spacial score (nSPS) is 12.1. The van der Waals surface area contributed by atoms with Crippen molar-refractivity contribution >= 4 is 24.4 Å². The molecule has 0 saturated carbocycles. The van der Waals surface area contributed by atoms with Crippen LogP contribution in [0.1, 0.15) is 25.7 Å². The number of unbranched alkanes of at least 4 members (excludes halogenated alkanes) is 1. The van der Waals surface area contributed by atoms with Crippen molar-refractivity contribution in [3.8, 4) is 0 Å². The highest BCUT2D eigenvalue weighted by Gasteiger charge is 2.07. The van der Waals surface area contributed by atoms with Gasteiger partial charge in [-0.05, 0) is 18.6 Å². The van der Waals surface area contributed by atoms with E-state index in [0.29, 0.717) is 77.9 Å². The summed E-state index contributed by atoms with van der Waals surface area (Å²) >= 11 is 3.98. The van der Waals surface area contributed by atoms with Crippen LogP contribution in [-0.2, 0) is 28.6 Å². The van der Waals surface area contributed by atoms with Gasteiger partial charge in [-0.2, -0.15) is 12.6 Å². The Morgan fingerprint density at radius 2 is 1.50 bits per heavy atom. The largest absolute Gasteiger partial charge is 0.377 e. The molecule has 0 fully saturated rings. The predicted molar refractivity (Wildman–Crippen MR) is 109 cm³/mol. The maximum Gasteiger partial charge on any atom is 0.234 e. The summed E-state index contributed by atoms with van der Waals surface area (Å²) in [5.74, 6) is 0.0556. The molecule has 0 aliphatic rings. The van der Waals surface area contributed by atoms with Gasteiger partial charge in [0, 0.05) is 19.5 Å². The van der Waals surface area contributed by atoms with Crippen LogP contribution in [0.4, 0.5) is 0 Å². The lowest BCUT2D eigenvalue weighted by Crippen LogP contribution is -2.36. The highest BCUT2D eigenvalue weighted by Crippen LogP contribution is 1.97. The summed E-state index contributed by atoms with van der Waals surface area (Å²) in [5.41, 5.74) is 13.4. The van der Waals surface area contributed by atoms with Gasteiger partial charge in [0.25, 0.3) is 0 Å². The zero-order chi connectivity index (χ0) is 20.9. The summed E-state index contributed by atoms with van der Waals surface area (Å²) in [6.45, 7) is 4.43. The molecule has 0 aromatic rings. The first kappa shape index (κ1) is 27.0. The number of hydroxylamine groups is 1. The molecule has 166 valence electrons. The van der Waals surface area contributed by atoms with Crippen molar-refractivity contribution in [2.45, 2.75) is 31.7 Å². The molecule has 0 bridgehead atoms. The van der Waals surface area contributed by atoms with Crippen LogP contribution in [0.5, 0.6) is 0 Å². The van der Waals surface area contributed by atoms with Gasteiger partial charge >= 0.3 is 0 Å². The second-order valence-electron chi connectivity index (χ2n) is 5.91. The fourth-order valence-corrected chi connectivity index (χ4v) is 2.15. The van der Waals surface area contributed by atoms with E-state index in [9.17, 15) is 9.59 Å². The summed E-state index contributed by atoms with van der Waals surface area (Å²) in [5, 5.41) is 2.73. The number of hydrogen-bond donors (Lipinski definition) is 5. The van der Waals surface area contributed by atoms with E-state index < -0.39 is 11.9 Å². The van der Waals surface area contributed by atoms with E-state index in [1.807, 2.05) is 0 Å². The van der Waals surface area contributed by atoms with E-state index in [1.165, 1.54) is 0 Å². The zero-order valence-corrected chi connectivity index (χ0v) is 17.4. The van der Waals surface area contributed by atoms with Crippen molar-refractivity contribution in [2.75, 3.05) is 65.1 Å². The second kappa shape index (κ2) is 20.8. The van der Waals surface area contributed by atoms with Crippen LogP contribution in [0, 0.1) is 0 Å². The van der Waals surface area contributed by atoms with Gasteiger partial charge in [0.15, 0.2) is 0 Å². The summed E-state index contributed by atoms with van der Waals surface area (Å²) in [6.07, 6.45) is 2.65. The fourth-order valence-electron chi connectivity index (χ4n) is 1.94. The van der Waals surface area contributed by atoms with E-state index in [0.717, 1.165) is 12.8 Å². The molecular weight excluding hydrogens is 388 g/mol. The number of carbonyl (C=O) groups is 2. The number of primary amides is 1. The highest BCUT2D eigenvalue weighted by atomic mass is 32.1. The summed E-state index contributed by atoms with van der Waals surface area (Å²) < 4.78 is 16.1. The topological polar surface area (TPSA) is 147 Å². The molecule has 0 aliphatic carbocycles. The van der Waals surface area contributed by atoms with Gasteiger partial charge in [-0.25, -0.2) is 5.48 Å². The minimum absolute atomic E-state index is 0.0175. The molecule has 28 heavy (non-hydrogen) atoms. The quantitative estimate of drug-likeness (QED) is 0.0893. The van der Waals surface area contributed by atoms with E-state index in [4.69, 9.17) is 30.5 Å². The number of hydrogen-bond acceptors (Lipinski definition) is 9. The van der Waals surface area contributed by atoms with Gasteiger partial charge in [0.1, 0.15) is 0 Å². The molecule has 0 aromatic carbocycles. The van der Waals surface area contributed by atoms with Crippen molar-refractivity contribution in [3.63, 3.8) is 0 Å². The second-order valence-corrected chi connectivity index (χ2v) is 6.36. The smallest absolute Gasteiger partial charge is 0.234 e. The molecule has 0 rings (SSSR count). The Morgan fingerprint density at radius 1 is 0.893 bits per heavy atom. The van der Waals surface area contributed by atoms with E-state index in [1.54, 1.807) is 0 Å². The fraction of sp³-hybridized carbons (Fsp3) is 0.882. The molecule has 0 aliphatic heterocycles. The third kappa shape index (κ3) is 19.8. The molecule has 0 spiro atoms. The van der Waals surface area contributed by atoms with Crippen LogP contribution < -0.4 is 22.3 Å². The number of amides is 2. The summed E-state index contributed by atoms with van der Waals surface area (Å²) in [6, 6.07) is -0.571. The van der Waals surface area contributed by atoms with Gasteiger partial charge in [0.2, 0.25) is 11.8 Å². The Bertz CT molecular complexity index is 393. The first-order chi connectivity index (χ1) is 13.6. The lowest BCUT2D eigenvalue weighted by Gasteiger charge is -2.09. The number of nitrogens with two attached hydrogens (primary N) is 2. The minimum Gasteiger partial charge on any atom is -0.377 e. The van der Waals surface area contributed by atoms with Crippen LogP contribution in [0.3, 0.4) is 0 Å². The van der Waals surface area contributed by atoms with E-state index >= 15 is 0 Å². The average molecular weight is 425 g/mol. The third-order valence-electron chi connectivity index (χ3n) is 3.49. The molecule has 0 saturated heterocycles. The van der Waals surface area contributed by atoms with E-state index in [-0.39, 0.29) is 5.91 Å². The Balaban J connectivity index is 3.10. The Labute approximate surface area is 172 Å². The molecule has 0 radical (unpaired) electrons. The third-order valence-corrected chi connectivity index (χ3v) is 3.72. The maximum absolute atomic E-state index is 11.2. The number of ether oxygens (including phenoxy) is 3. The molecule has 2 amide bonds. The maximum atomic E-state index is 11.2. The van der Waals surface area contributed by atoms with Crippen LogP contribution in [-0.4, -0.2) is 82.9 Å². The molecule has 10 nitrogen and oxygen atoms in total. The van der Waals surface area contributed by atoms with Crippen molar-refractivity contribution in [2.24, 2.45) is 11.5 Å². The molecule has 0 aromatic heterocycles. The van der Waals surface area contributed by atoms with Gasteiger partial charge in [-0.1, -0.05) is 6.42 Å².